The van der Waals surface area contributed by atoms with E-state index >= 15 is 0 Å². The number of hydrogen-bond donors (Lipinski definition) is 1. The van der Waals surface area contributed by atoms with E-state index in [9.17, 15) is 18.0 Å². The fraction of sp³-hybridized carbons (Fsp3) is 0.462. The molecule has 1 saturated carbocycles. The molecule has 1 N–H and O–H groups in total. The summed E-state index contributed by atoms with van der Waals surface area (Å²) in [6.07, 6.45) is 5.32. The van der Waals surface area contributed by atoms with Crippen LogP contribution in [-0.4, -0.2) is 50.0 Å². The third-order valence-electron chi connectivity index (χ3n) is 6.48. The van der Waals surface area contributed by atoms with Gasteiger partial charge >= 0.3 is 0 Å². The largest absolute Gasteiger partial charge is 0.352 e. The van der Waals surface area contributed by atoms with Gasteiger partial charge in [0.1, 0.15) is 12.6 Å². The second-order valence-electron chi connectivity index (χ2n) is 9.24. The summed E-state index contributed by atoms with van der Waals surface area (Å²) in [4.78, 5) is 28.5. The Kier molecular flexibility index (Phi) is 9.66. The van der Waals surface area contributed by atoms with Gasteiger partial charge in [-0.25, -0.2) is 8.42 Å². The number of nitrogens with one attached hydrogen (secondary N) is 1. The third-order valence-corrected chi connectivity index (χ3v) is 8.33. The van der Waals surface area contributed by atoms with Crippen LogP contribution in [0, 0.1) is 6.92 Å². The number of aryl methyl sites for hydroxylation is 1. The van der Waals surface area contributed by atoms with E-state index in [1.165, 1.54) is 4.90 Å². The molecule has 2 amide bonds. The first-order chi connectivity index (χ1) is 17.0. The maximum absolute atomic E-state index is 13.8. The van der Waals surface area contributed by atoms with E-state index in [-0.39, 0.29) is 18.5 Å². The van der Waals surface area contributed by atoms with Gasteiger partial charge in [-0.2, -0.15) is 0 Å². The van der Waals surface area contributed by atoms with E-state index in [4.69, 9.17) is 23.2 Å². The predicted molar refractivity (Wildman–Crippen MR) is 145 cm³/mol. The number of hydrogen-bond acceptors (Lipinski definition) is 4. The van der Waals surface area contributed by atoms with Crippen LogP contribution in [0.4, 0.5) is 5.69 Å². The molecule has 36 heavy (non-hydrogen) atoms. The molecule has 2 aromatic carbocycles. The van der Waals surface area contributed by atoms with E-state index in [1.807, 2.05) is 13.8 Å². The van der Waals surface area contributed by atoms with Gasteiger partial charge in [-0.15, -0.1) is 0 Å². The SMILES string of the molecule is CC[C@H](C(=O)NC1CCCC1)N(Cc1c(Cl)cccc1Cl)C(=O)CN(c1ccc(C)cc1)S(C)(=O)=O. The monoisotopic (exact) mass is 553 g/mol. The highest BCUT2D eigenvalue weighted by atomic mass is 35.5. The van der Waals surface area contributed by atoms with Crippen molar-refractivity contribution in [3.63, 3.8) is 0 Å². The number of carbonyl (C=O) groups is 2. The number of halogens is 2. The first-order valence-corrected chi connectivity index (χ1v) is 14.7. The highest BCUT2D eigenvalue weighted by Gasteiger charge is 2.33. The van der Waals surface area contributed by atoms with Crippen molar-refractivity contribution in [2.45, 2.75) is 64.6 Å². The van der Waals surface area contributed by atoms with Crippen molar-refractivity contribution in [1.82, 2.24) is 10.2 Å². The lowest BCUT2D eigenvalue weighted by Gasteiger charge is -2.33. The summed E-state index contributed by atoms with van der Waals surface area (Å²) in [6, 6.07) is 11.2. The molecule has 2 aromatic rings. The van der Waals surface area contributed by atoms with Gasteiger partial charge in [0.15, 0.2) is 0 Å². The van der Waals surface area contributed by atoms with Crippen molar-refractivity contribution < 1.29 is 18.0 Å². The lowest BCUT2D eigenvalue weighted by molar-refractivity contribution is -0.140. The summed E-state index contributed by atoms with van der Waals surface area (Å²) in [5.41, 5.74) is 1.83. The number of rotatable bonds is 10. The molecule has 1 fully saturated rings. The minimum absolute atomic E-state index is 0.0283. The highest BCUT2D eigenvalue weighted by Crippen LogP contribution is 2.28. The van der Waals surface area contributed by atoms with E-state index in [2.05, 4.69) is 5.32 Å². The molecule has 196 valence electrons. The smallest absolute Gasteiger partial charge is 0.244 e. The van der Waals surface area contributed by atoms with Crippen molar-refractivity contribution in [3.8, 4) is 0 Å². The molecule has 0 spiro atoms. The molecule has 0 aliphatic heterocycles. The molecule has 0 bridgehead atoms. The minimum Gasteiger partial charge on any atom is -0.352 e. The minimum atomic E-state index is -3.79. The van der Waals surface area contributed by atoms with Crippen molar-refractivity contribution in [1.29, 1.82) is 0 Å². The predicted octanol–water partition coefficient (Wildman–Crippen LogP) is 4.93. The Morgan fingerprint density at radius 3 is 2.17 bits per heavy atom. The molecule has 0 radical (unpaired) electrons. The van der Waals surface area contributed by atoms with Crippen molar-refractivity contribution >= 4 is 50.7 Å². The molecule has 1 atom stereocenters. The van der Waals surface area contributed by atoms with Crippen LogP contribution in [0.1, 0.15) is 50.2 Å². The van der Waals surface area contributed by atoms with Crippen LogP contribution < -0.4 is 9.62 Å². The van der Waals surface area contributed by atoms with Crippen LogP contribution in [-0.2, 0) is 26.2 Å². The Hall–Kier alpha value is -2.29. The fourth-order valence-corrected chi connectivity index (χ4v) is 5.83. The van der Waals surface area contributed by atoms with Crippen molar-refractivity contribution in [2.24, 2.45) is 0 Å². The van der Waals surface area contributed by atoms with Crippen LogP contribution in [0.3, 0.4) is 0 Å². The van der Waals surface area contributed by atoms with E-state index in [0.717, 1.165) is 41.8 Å². The van der Waals surface area contributed by atoms with Crippen LogP contribution in [0.15, 0.2) is 42.5 Å². The summed E-state index contributed by atoms with van der Waals surface area (Å²) in [7, 11) is -3.79. The number of anilines is 1. The van der Waals surface area contributed by atoms with Crippen LogP contribution in [0.2, 0.25) is 10.0 Å². The fourth-order valence-electron chi connectivity index (χ4n) is 4.47. The van der Waals surface area contributed by atoms with E-state index < -0.39 is 28.5 Å². The van der Waals surface area contributed by atoms with Crippen molar-refractivity contribution in [3.05, 3.63) is 63.6 Å². The van der Waals surface area contributed by atoms with E-state index in [1.54, 1.807) is 42.5 Å². The molecule has 10 heteroatoms. The summed E-state index contributed by atoms with van der Waals surface area (Å²) >= 11 is 12.8. The average Bonchev–Trinajstić information content (AvgIpc) is 3.32. The number of nitrogens with zero attached hydrogens (tertiary/aromatic N) is 2. The number of amides is 2. The Morgan fingerprint density at radius 2 is 1.64 bits per heavy atom. The Morgan fingerprint density at radius 1 is 1.06 bits per heavy atom. The molecule has 1 aliphatic carbocycles. The average molecular weight is 555 g/mol. The lowest BCUT2D eigenvalue weighted by Crippen LogP contribution is -2.53. The second kappa shape index (κ2) is 12.3. The molecule has 0 saturated heterocycles. The van der Waals surface area contributed by atoms with Gasteiger partial charge in [0.25, 0.3) is 0 Å². The molecular weight excluding hydrogens is 521 g/mol. The lowest BCUT2D eigenvalue weighted by atomic mass is 10.1. The molecule has 3 rings (SSSR count). The summed E-state index contributed by atoms with van der Waals surface area (Å²) in [6.45, 7) is 3.22. The first kappa shape index (κ1) is 28.3. The molecule has 7 nitrogen and oxygen atoms in total. The standard InChI is InChI=1S/C26H33Cl2N3O4S/c1-4-24(26(33)29-19-8-5-6-9-19)30(16-21-22(27)10-7-11-23(21)28)25(32)17-31(36(3,34)35)20-14-12-18(2)13-15-20/h7,10-15,19,24H,4-6,8-9,16-17H2,1-3H3,(H,29,33)/t24-/m1/s1. The maximum Gasteiger partial charge on any atom is 0.244 e. The van der Waals surface area contributed by atoms with Crippen LogP contribution in [0.5, 0.6) is 0 Å². The highest BCUT2D eigenvalue weighted by molar-refractivity contribution is 7.92. The first-order valence-electron chi connectivity index (χ1n) is 12.1. The van der Waals surface area contributed by atoms with Gasteiger partial charge in [-0.05, 0) is 50.5 Å². The van der Waals surface area contributed by atoms with Crippen LogP contribution >= 0.6 is 23.2 Å². The maximum atomic E-state index is 13.8. The second-order valence-corrected chi connectivity index (χ2v) is 12.0. The number of sulfonamides is 1. The normalized spacial score (nSPS) is 14.9. The van der Waals surface area contributed by atoms with Gasteiger partial charge in [0.05, 0.1) is 11.9 Å². The molecule has 0 unspecified atom stereocenters. The summed E-state index contributed by atoms with van der Waals surface area (Å²) in [5, 5.41) is 3.80. The van der Waals surface area contributed by atoms with Crippen LogP contribution in [0.25, 0.3) is 0 Å². The summed E-state index contributed by atoms with van der Waals surface area (Å²) < 4.78 is 26.4. The Bertz CT molecular complexity index is 1160. The molecule has 0 heterocycles. The Labute approximate surface area is 223 Å². The molecule has 1 aliphatic rings. The molecular formula is C26H33Cl2N3O4S. The zero-order valence-electron chi connectivity index (χ0n) is 20.8. The summed E-state index contributed by atoms with van der Waals surface area (Å²) in [5.74, 6) is -0.785. The topological polar surface area (TPSA) is 86.8 Å². The zero-order valence-corrected chi connectivity index (χ0v) is 23.2. The Balaban J connectivity index is 1.96. The van der Waals surface area contributed by atoms with Crippen molar-refractivity contribution in [2.75, 3.05) is 17.1 Å². The van der Waals surface area contributed by atoms with E-state index in [0.29, 0.717) is 27.7 Å². The number of carbonyl (C=O) groups excluding carboxylic acids is 2. The van der Waals surface area contributed by atoms with Gasteiger partial charge in [-0.1, -0.05) is 66.7 Å². The van der Waals surface area contributed by atoms with Gasteiger partial charge < -0.3 is 10.2 Å². The molecule has 0 aromatic heterocycles. The van der Waals surface area contributed by atoms with Gasteiger partial charge in [-0.3, -0.25) is 13.9 Å². The van der Waals surface area contributed by atoms with Gasteiger partial charge in [0.2, 0.25) is 21.8 Å². The quantitative estimate of drug-likeness (QED) is 0.451. The third kappa shape index (κ3) is 7.14. The van der Waals surface area contributed by atoms with Gasteiger partial charge in [0, 0.05) is 28.2 Å². The zero-order chi connectivity index (χ0) is 26.5. The number of benzene rings is 2.